The van der Waals surface area contributed by atoms with Crippen molar-refractivity contribution in [2.45, 2.75) is 0 Å². The van der Waals surface area contributed by atoms with E-state index in [1.54, 1.807) is 0 Å². The van der Waals surface area contributed by atoms with E-state index in [0.717, 1.165) is 94.1 Å². The van der Waals surface area contributed by atoms with Crippen LogP contribution in [0.2, 0.25) is 0 Å². The van der Waals surface area contributed by atoms with Crippen LogP contribution in [0, 0.1) is 0 Å². The molecule has 4 aromatic heterocycles. The van der Waals surface area contributed by atoms with Gasteiger partial charge < -0.3 is 22.7 Å². The van der Waals surface area contributed by atoms with Crippen LogP contribution in [0.25, 0.3) is 93.9 Å². The zero-order chi connectivity index (χ0) is 36.0. The van der Waals surface area contributed by atoms with Crippen molar-refractivity contribution in [3.8, 4) is 17.1 Å². The molecule has 0 radical (unpaired) electrons. The van der Waals surface area contributed by atoms with Gasteiger partial charge in [-0.25, -0.2) is 4.98 Å². The van der Waals surface area contributed by atoms with Crippen LogP contribution >= 0.6 is 0 Å². The Kier molecular flexibility index (Phi) is 6.24. The van der Waals surface area contributed by atoms with Gasteiger partial charge in [0.05, 0.1) is 16.7 Å². The first kappa shape index (κ1) is 29.9. The van der Waals surface area contributed by atoms with E-state index in [1.165, 1.54) is 5.39 Å². The van der Waals surface area contributed by atoms with Crippen LogP contribution in [0.4, 0.5) is 17.1 Å². The Balaban J connectivity index is 1.12. The van der Waals surface area contributed by atoms with E-state index in [9.17, 15) is 0 Å². The number of hydrogen-bond acceptors (Lipinski definition) is 5. The van der Waals surface area contributed by atoms with Gasteiger partial charge in [0.2, 0.25) is 5.89 Å². The summed E-state index contributed by atoms with van der Waals surface area (Å²) in [6, 6.07) is 61.0. The van der Waals surface area contributed by atoms with Crippen LogP contribution in [0.15, 0.2) is 189 Å². The maximum Gasteiger partial charge on any atom is 0.227 e. The van der Waals surface area contributed by atoms with Crippen molar-refractivity contribution in [2.75, 3.05) is 4.90 Å². The molecule has 55 heavy (non-hydrogen) atoms. The van der Waals surface area contributed by atoms with E-state index in [2.05, 4.69) is 137 Å². The third-order valence-electron chi connectivity index (χ3n) is 10.8. The Labute approximate surface area is 313 Å². The molecule has 258 valence electrons. The highest BCUT2D eigenvalue weighted by atomic mass is 16.4. The topological polar surface area (TPSA) is 60.5 Å². The van der Waals surface area contributed by atoms with Gasteiger partial charge in [-0.05, 0) is 84.9 Å². The Morgan fingerprint density at radius 1 is 0.418 bits per heavy atom. The van der Waals surface area contributed by atoms with Crippen molar-refractivity contribution in [3.05, 3.63) is 176 Å². The number of anilines is 3. The van der Waals surface area contributed by atoms with E-state index in [4.69, 9.17) is 18.2 Å². The molecule has 8 aromatic carbocycles. The summed E-state index contributed by atoms with van der Waals surface area (Å²) in [7, 11) is 0. The highest BCUT2D eigenvalue weighted by molar-refractivity contribution is 6.17. The second-order valence-corrected chi connectivity index (χ2v) is 14.0. The lowest BCUT2D eigenvalue weighted by Gasteiger charge is -2.26. The van der Waals surface area contributed by atoms with Crippen molar-refractivity contribution >= 4 is 93.8 Å². The summed E-state index contributed by atoms with van der Waals surface area (Å²) in [6.07, 6.45) is 0. The van der Waals surface area contributed by atoms with Crippen LogP contribution in [-0.4, -0.2) is 9.55 Å². The summed E-state index contributed by atoms with van der Waals surface area (Å²) in [5.41, 5.74) is 12.0. The molecule has 0 bridgehead atoms. The smallest absolute Gasteiger partial charge is 0.227 e. The molecule has 0 aliphatic rings. The van der Waals surface area contributed by atoms with Crippen LogP contribution in [0.3, 0.4) is 0 Å². The Bertz CT molecular complexity index is 3440. The average Bonchev–Trinajstić information content (AvgIpc) is 4.01. The molecule has 12 rings (SSSR count). The van der Waals surface area contributed by atoms with Crippen LogP contribution in [0.1, 0.15) is 0 Å². The average molecular weight is 708 g/mol. The Morgan fingerprint density at radius 2 is 1.07 bits per heavy atom. The molecular weight excluding hydrogens is 679 g/mol. The van der Waals surface area contributed by atoms with Crippen molar-refractivity contribution in [3.63, 3.8) is 0 Å². The van der Waals surface area contributed by atoms with Gasteiger partial charge in [-0.1, -0.05) is 78.9 Å². The largest absolute Gasteiger partial charge is 0.456 e. The number of hydrogen-bond donors (Lipinski definition) is 0. The van der Waals surface area contributed by atoms with Gasteiger partial charge in [0, 0.05) is 67.1 Å². The number of rotatable bonds is 5. The molecule has 12 aromatic rings. The van der Waals surface area contributed by atoms with Crippen LogP contribution in [-0.2, 0) is 0 Å². The van der Waals surface area contributed by atoms with Gasteiger partial charge in [0.25, 0.3) is 0 Å². The molecule has 0 atom stereocenters. The van der Waals surface area contributed by atoms with Crippen molar-refractivity contribution in [1.82, 2.24) is 9.55 Å². The highest BCUT2D eigenvalue weighted by Gasteiger charge is 2.23. The lowest BCUT2D eigenvalue weighted by Crippen LogP contribution is -2.10. The third-order valence-corrected chi connectivity index (χ3v) is 10.8. The number of nitrogens with zero attached hydrogens (tertiary/aromatic N) is 3. The second-order valence-electron chi connectivity index (χ2n) is 14.0. The van der Waals surface area contributed by atoms with Gasteiger partial charge in [0.15, 0.2) is 5.58 Å². The molecule has 0 aliphatic heterocycles. The summed E-state index contributed by atoms with van der Waals surface area (Å²) >= 11 is 0. The number of furan rings is 2. The van der Waals surface area contributed by atoms with Gasteiger partial charge in [0.1, 0.15) is 27.8 Å². The van der Waals surface area contributed by atoms with Gasteiger partial charge in [-0.2, -0.15) is 0 Å². The molecule has 0 saturated carbocycles. The van der Waals surface area contributed by atoms with Crippen molar-refractivity contribution in [1.29, 1.82) is 0 Å². The van der Waals surface area contributed by atoms with E-state index in [0.29, 0.717) is 11.5 Å². The fourth-order valence-corrected chi connectivity index (χ4v) is 8.35. The monoisotopic (exact) mass is 707 g/mol. The summed E-state index contributed by atoms with van der Waals surface area (Å²) < 4.78 is 21.5. The summed E-state index contributed by atoms with van der Waals surface area (Å²) in [4.78, 5) is 7.22. The minimum atomic E-state index is 0.586. The number of benzene rings is 8. The number of aromatic nitrogens is 2. The molecule has 0 spiro atoms. The van der Waals surface area contributed by atoms with Crippen LogP contribution < -0.4 is 4.90 Å². The molecular formula is C49H29N3O3. The lowest BCUT2D eigenvalue weighted by atomic mass is 10.1. The fraction of sp³-hybridized carbons (Fsp3) is 0. The molecule has 0 amide bonds. The number of oxazole rings is 1. The maximum absolute atomic E-state index is 6.47. The Morgan fingerprint density at radius 3 is 1.95 bits per heavy atom. The fourth-order valence-electron chi connectivity index (χ4n) is 8.35. The van der Waals surface area contributed by atoms with E-state index in [1.807, 2.05) is 48.5 Å². The molecule has 0 aliphatic carbocycles. The molecule has 0 saturated heterocycles. The predicted octanol–water partition coefficient (Wildman–Crippen LogP) is 13.9. The minimum absolute atomic E-state index is 0.586. The summed E-state index contributed by atoms with van der Waals surface area (Å²) in [5, 5.41) is 6.48. The molecule has 6 heteroatoms. The first-order valence-electron chi connectivity index (χ1n) is 18.4. The second kappa shape index (κ2) is 11.5. The number of fused-ring (bicyclic) bond motifs is 10. The Hall–Kier alpha value is -7.57. The quantitative estimate of drug-likeness (QED) is 0.178. The minimum Gasteiger partial charge on any atom is -0.456 e. The number of para-hydroxylation sites is 3. The van der Waals surface area contributed by atoms with E-state index < -0.39 is 0 Å². The third kappa shape index (κ3) is 4.52. The molecule has 6 nitrogen and oxygen atoms in total. The first-order valence-corrected chi connectivity index (χ1v) is 18.4. The SMILES string of the molecule is c1ccc(-c2nc3cc4c(cc3o2)oc2ccc(N(c3ccc5c(c3)oc3ccccc35)c3cccc5c3c3ccccc3n5-c3ccccc3)cc24)cc1. The first-order chi connectivity index (χ1) is 27.2. The van der Waals surface area contributed by atoms with Gasteiger partial charge in [-0.15, -0.1) is 0 Å². The maximum atomic E-state index is 6.47. The van der Waals surface area contributed by atoms with E-state index in [-0.39, 0.29) is 0 Å². The highest BCUT2D eigenvalue weighted by Crippen LogP contribution is 2.46. The molecule has 0 fully saturated rings. The normalized spacial score (nSPS) is 12.0. The molecule has 0 unspecified atom stereocenters. The molecule has 0 N–H and O–H groups in total. The predicted molar refractivity (Wildman–Crippen MR) is 223 cm³/mol. The van der Waals surface area contributed by atoms with Gasteiger partial charge in [-0.3, -0.25) is 0 Å². The van der Waals surface area contributed by atoms with Gasteiger partial charge >= 0.3 is 0 Å². The summed E-state index contributed by atoms with van der Waals surface area (Å²) in [5.74, 6) is 0.586. The van der Waals surface area contributed by atoms with E-state index >= 15 is 0 Å². The standard InChI is InChI=1S/C49H29N3O3/c1-3-12-30(13-4-1)49-50-39-28-38-37-26-32(23-25-44(37)54-46(38)29-47(39)55-49)51(33-22-24-35-34-16-8-10-21-43(34)53-45(35)27-33)41-19-11-20-42-48(41)36-17-7-9-18-40(36)52(42)31-14-5-2-6-15-31/h1-29H. The molecule has 4 heterocycles. The van der Waals surface area contributed by atoms with Crippen molar-refractivity contribution in [2.24, 2.45) is 0 Å². The zero-order valence-corrected chi connectivity index (χ0v) is 29.3. The summed E-state index contributed by atoms with van der Waals surface area (Å²) in [6.45, 7) is 0. The lowest BCUT2D eigenvalue weighted by molar-refractivity contribution is 0.617. The van der Waals surface area contributed by atoms with Crippen LogP contribution in [0.5, 0.6) is 0 Å². The zero-order valence-electron chi connectivity index (χ0n) is 29.3. The van der Waals surface area contributed by atoms with Crippen molar-refractivity contribution < 1.29 is 13.3 Å².